The van der Waals surface area contributed by atoms with Crippen molar-refractivity contribution in [3.63, 3.8) is 0 Å². The van der Waals surface area contributed by atoms with Gasteiger partial charge in [0.15, 0.2) is 5.65 Å². The summed E-state index contributed by atoms with van der Waals surface area (Å²) in [5.41, 5.74) is 2.33. The zero-order valence-corrected chi connectivity index (χ0v) is 19.0. The molecule has 2 aromatic heterocycles. The van der Waals surface area contributed by atoms with Crippen molar-refractivity contribution < 1.29 is 4.79 Å². The molecule has 1 aromatic carbocycles. The predicted molar refractivity (Wildman–Crippen MR) is 121 cm³/mol. The van der Waals surface area contributed by atoms with E-state index in [9.17, 15) is 4.79 Å². The van der Waals surface area contributed by atoms with Crippen LogP contribution in [-0.4, -0.2) is 51.7 Å². The Morgan fingerprint density at radius 1 is 1.34 bits per heavy atom. The third-order valence-corrected chi connectivity index (χ3v) is 5.20. The first-order valence-electron chi connectivity index (χ1n) is 9.41. The lowest BCUT2D eigenvalue weighted by atomic mass is 10.1. The van der Waals surface area contributed by atoms with Gasteiger partial charge in [-0.05, 0) is 42.3 Å². The summed E-state index contributed by atoms with van der Waals surface area (Å²) in [6.45, 7) is 5.21. The second-order valence-corrected chi connectivity index (χ2v) is 8.30. The molecule has 0 unspecified atom stereocenters. The first-order valence-corrected chi connectivity index (χ1v) is 10.6. The van der Waals surface area contributed by atoms with E-state index in [1.54, 1.807) is 22.7 Å². The van der Waals surface area contributed by atoms with Crippen LogP contribution in [0.5, 0.6) is 0 Å². The van der Waals surface area contributed by atoms with Gasteiger partial charge in [0.1, 0.15) is 5.82 Å². The first kappa shape index (κ1) is 21.4. The van der Waals surface area contributed by atoms with Gasteiger partial charge in [0.25, 0.3) is 0 Å². The molecule has 0 radical (unpaired) electrons. The van der Waals surface area contributed by atoms with Crippen LogP contribution in [0, 0.1) is 0 Å². The minimum absolute atomic E-state index is 0.0664. The molecule has 0 aliphatic carbocycles. The Labute approximate surface area is 183 Å². The van der Waals surface area contributed by atoms with E-state index in [1.807, 2.05) is 44.2 Å². The summed E-state index contributed by atoms with van der Waals surface area (Å²) in [4.78, 5) is 18.4. The van der Waals surface area contributed by atoms with E-state index in [4.69, 9.17) is 16.6 Å². The molecule has 0 aliphatic heterocycles. The van der Waals surface area contributed by atoms with Crippen molar-refractivity contribution in [1.29, 1.82) is 0 Å². The molecule has 154 valence electrons. The van der Waals surface area contributed by atoms with Crippen LogP contribution in [0.25, 0.3) is 16.9 Å². The number of carbonyl (C=O) groups is 1. The molecule has 0 saturated carbocycles. The Bertz CT molecular complexity index is 1010. The number of halogens is 2. The van der Waals surface area contributed by atoms with Gasteiger partial charge in [0.05, 0.1) is 16.4 Å². The van der Waals surface area contributed by atoms with Gasteiger partial charge in [0.2, 0.25) is 0 Å². The molecule has 2 amide bonds. The quantitative estimate of drug-likeness (QED) is 0.483. The van der Waals surface area contributed by atoms with E-state index in [0.29, 0.717) is 23.8 Å². The Morgan fingerprint density at radius 2 is 2.10 bits per heavy atom. The largest absolute Gasteiger partial charge is 0.370 e. The standard InChI is InChI=1S/C20H24BrClN6O/c1-13(2)25-20(29)27(3)10-6-9-23-18-11-17(14-7-4-5-8-16(14)22)26-19-15(21)12-24-28(18)19/h4-5,7-8,11-13,23H,6,9-10H2,1-3H3,(H,25,29). The smallest absolute Gasteiger partial charge is 0.317 e. The number of hydrogen-bond acceptors (Lipinski definition) is 4. The number of nitrogens with one attached hydrogen (secondary N) is 2. The maximum Gasteiger partial charge on any atom is 0.317 e. The van der Waals surface area contributed by atoms with Crippen LogP contribution in [0.2, 0.25) is 5.02 Å². The molecular weight excluding hydrogens is 456 g/mol. The van der Waals surface area contributed by atoms with Crippen molar-refractivity contribution in [3.05, 3.63) is 46.0 Å². The van der Waals surface area contributed by atoms with E-state index in [1.165, 1.54) is 0 Å². The van der Waals surface area contributed by atoms with Crippen molar-refractivity contribution in [3.8, 4) is 11.3 Å². The predicted octanol–water partition coefficient (Wildman–Crippen LogP) is 4.66. The number of urea groups is 1. The molecule has 2 N–H and O–H groups in total. The van der Waals surface area contributed by atoms with Crippen molar-refractivity contribution in [2.75, 3.05) is 25.5 Å². The second kappa shape index (κ2) is 9.45. The van der Waals surface area contributed by atoms with Gasteiger partial charge in [-0.2, -0.15) is 9.61 Å². The van der Waals surface area contributed by atoms with Gasteiger partial charge in [0, 0.05) is 42.8 Å². The van der Waals surface area contributed by atoms with Gasteiger partial charge in [-0.15, -0.1) is 0 Å². The van der Waals surface area contributed by atoms with Gasteiger partial charge < -0.3 is 15.5 Å². The molecule has 29 heavy (non-hydrogen) atoms. The van der Waals surface area contributed by atoms with Crippen LogP contribution in [0.4, 0.5) is 10.6 Å². The topological polar surface area (TPSA) is 74.6 Å². The summed E-state index contributed by atoms with van der Waals surface area (Å²) < 4.78 is 2.55. The molecule has 2 heterocycles. The highest BCUT2D eigenvalue weighted by Gasteiger charge is 2.13. The number of carbonyl (C=O) groups excluding carboxylic acids is 1. The molecule has 7 nitrogen and oxygen atoms in total. The Balaban J connectivity index is 1.74. The number of fused-ring (bicyclic) bond motifs is 1. The van der Waals surface area contributed by atoms with Crippen LogP contribution in [0.1, 0.15) is 20.3 Å². The highest BCUT2D eigenvalue weighted by Crippen LogP contribution is 2.30. The number of rotatable bonds is 7. The lowest BCUT2D eigenvalue weighted by Crippen LogP contribution is -2.41. The molecule has 0 saturated heterocycles. The minimum Gasteiger partial charge on any atom is -0.370 e. The van der Waals surface area contributed by atoms with Gasteiger partial charge in [-0.3, -0.25) is 0 Å². The molecule has 0 atom stereocenters. The van der Waals surface area contributed by atoms with E-state index in [0.717, 1.165) is 28.0 Å². The zero-order chi connectivity index (χ0) is 21.0. The fourth-order valence-electron chi connectivity index (χ4n) is 2.86. The summed E-state index contributed by atoms with van der Waals surface area (Å²) in [6.07, 6.45) is 2.50. The fourth-order valence-corrected chi connectivity index (χ4v) is 3.44. The van der Waals surface area contributed by atoms with Crippen molar-refractivity contribution in [2.24, 2.45) is 0 Å². The van der Waals surface area contributed by atoms with E-state index in [-0.39, 0.29) is 12.1 Å². The normalized spacial score (nSPS) is 11.1. The number of anilines is 1. The molecule has 0 bridgehead atoms. The summed E-state index contributed by atoms with van der Waals surface area (Å²) in [6, 6.07) is 9.60. The number of aromatic nitrogens is 3. The van der Waals surface area contributed by atoms with Crippen molar-refractivity contribution in [1.82, 2.24) is 24.8 Å². The molecule has 0 spiro atoms. The highest BCUT2D eigenvalue weighted by atomic mass is 79.9. The van der Waals surface area contributed by atoms with Crippen LogP contribution in [0.3, 0.4) is 0 Å². The maximum absolute atomic E-state index is 12.0. The number of benzene rings is 1. The van der Waals surface area contributed by atoms with Gasteiger partial charge >= 0.3 is 6.03 Å². The van der Waals surface area contributed by atoms with E-state index >= 15 is 0 Å². The SMILES string of the molecule is CC(C)NC(=O)N(C)CCCNc1cc(-c2ccccc2Cl)nc2c(Br)cnn12. The van der Waals surface area contributed by atoms with Gasteiger partial charge in [-0.25, -0.2) is 9.78 Å². The Kier molecular flexibility index (Phi) is 6.97. The molecular formula is C20H24BrClN6O. The third-order valence-electron chi connectivity index (χ3n) is 4.31. The van der Waals surface area contributed by atoms with Crippen LogP contribution in [-0.2, 0) is 0 Å². The third kappa shape index (κ3) is 5.19. The summed E-state index contributed by atoms with van der Waals surface area (Å²) in [5, 5.41) is 11.3. The fraction of sp³-hybridized carbons (Fsp3) is 0.350. The molecule has 0 fully saturated rings. The zero-order valence-electron chi connectivity index (χ0n) is 16.6. The molecule has 3 rings (SSSR count). The minimum atomic E-state index is -0.0664. The average Bonchev–Trinajstić information content (AvgIpc) is 3.06. The van der Waals surface area contributed by atoms with Gasteiger partial charge in [-0.1, -0.05) is 29.8 Å². The Hall–Kier alpha value is -2.32. The molecule has 9 heteroatoms. The second-order valence-electron chi connectivity index (χ2n) is 7.04. The lowest BCUT2D eigenvalue weighted by Gasteiger charge is -2.20. The average molecular weight is 480 g/mol. The van der Waals surface area contributed by atoms with E-state index in [2.05, 4.69) is 31.7 Å². The number of nitrogens with zero attached hydrogens (tertiary/aromatic N) is 4. The number of hydrogen-bond donors (Lipinski definition) is 2. The highest BCUT2D eigenvalue weighted by molar-refractivity contribution is 9.10. The number of amides is 2. The van der Waals surface area contributed by atoms with Crippen LogP contribution < -0.4 is 10.6 Å². The monoisotopic (exact) mass is 478 g/mol. The summed E-state index contributed by atoms with van der Waals surface area (Å²) in [5.74, 6) is 0.810. The van der Waals surface area contributed by atoms with Crippen LogP contribution in [0.15, 0.2) is 41.0 Å². The maximum atomic E-state index is 12.0. The van der Waals surface area contributed by atoms with Crippen LogP contribution >= 0.6 is 27.5 Å². The first-order chi connectivity index (χ1) is 13.9. The summed E-state index contributed by atoms with van der Waals surface area (Å²) in [7, 11) is 1.79. The molecule has 0 aliphatic rings. The summed E-state index contributed by atoms with van der Waals surface area (Å²) >= 11 is 9.87. The van der Waals surface area contributed by atoms with Crippen molar-refractivity contribution >= 4 is 45.0 Å². The molecule has 3 aromatic rings. The van der Waals surface area contributed by atoms with Crippen molar-refractivity contribution in [2.45, 2.75) is 26.3 Å². The lowest BCUT2D eigenvalue weighted by molar-refractivity contribution is 0.206. The van der Waals surface area contributed by atoms with E-state index < -0.39 is 0 Å². The Morgan fingerprint density at radius 3 is 2.83 bits per heavy atom.